The van der Waals surface area contributed by atoms with Gasteiger partial charge < -0.3 is 4.74 Å². The number of benzene rings is 2. The molecule has 0 radical (unpaired) electrons. The Balaban J connectivity index is 1.41. The molecule has 0 saturated heterocycles. The van der Waals surface area contributed by atoms with Gasteiger partial charge in [-0.05, 0) is 35.1 Å². The molecule has 7 heteroatoms. The maximum absolute atomic E-state index is 11.9. The van der Waals surface area contributed by atoms with E-state index in [1.165, 1.54) is 17.1 Å². The Kier molecular flexibility index (Phi) is 5.90. The zero-order valence-corrected chi connectivity index (χ0v) is 14.8. The number of amides is 1. The zero-order valence-electron chi connectivity index (χ0n) is 14.0. The molecular weight excluding hydrogens is 336 g/mol. The SMILES string of the molecule is CCSc1n[nH]c(NC(=O)CCCOc2ccc3ccccc3c2)n1. The molecular formula is C18H20N4O2S. The van der Waals surface area contributed by atoms with Crippen molar-refractivity contribution < 1.29 is 9.53 Å². The van der Waals surface area contributed by atoms with Crippen LogP contribution < -0.4 is 10.1 Å². The van der Waals surface area contributed by atoms with Gasteiger partial charge in [0.15, 0.2) is 0 Å². The van der Waals surface area contributed by atoms with Crippen molar-refractivity contribution in [3.63, 3.8) is 0 Å². The van der Waals surface area contributed by atoms with Crippen LogP contribution in [0, 0.1) is 0 Å². The lowest BCUT2D eigenvalue weighted by Crippen LogP contribution is -2.13. The van der Waals surface area contributed by atoms with Gasteiger partial charge in [-0.15, -0.1) is 5.10 Å². The number of thioether (sulfide) groups is 1. The van der Waals surface area contributed by atoms with Crippen LogP contribution in [0.2, 0.25) is 0 Å². The summed E-state index contributed by atoms with van der Waals surface area (Å²) in [6.45, 7) is 2.51. The normalized spacial score (nSPS) is 10.8. The molecule has 0 saturated carbocycles. The van der Waals surface area contributed by atoms with Gasteiger partial charge in [0.25, 0.3) is 0 Å². The number of hydrogen-bond donors (Lipinski definition) is 2. The highest BCUT2D eigenvalue weighted by Crippen LogP contribution is 2.20. The molecule has 2 aromatic carbocycles. The zero-order chi connectivity index (χ0) is 17.5. The molecule has 0 fully saturated rings. The van der Waals surface area contributed by atoms with Crippen LogP contribution >= 0.6 is 11.8 Å². The highest BCUT2D eigenvalue weighted by Gasteiger charge is 2.07. The van der Waals surface area contributed by atoms with Crippen molar-refractivity contribution >= 4 is 34.4 Å². The summed E-state index contributed by atoms with van der Waals surface area (Å²) in [4.78, 5) is 16.1. The second kappa shape index (κ2) is 8.53. The smallest absolute Gasteiger partial charge is 0.226 e. The average Bonchev–Trinajstić information content (AvgIpc) is 3.06. The van der Waals surface area contributed by atoms with Crippen LogP contribution in [0.3, 0.4) is 0 Å². The predicted molar refractivity (Wildman–Crippen MR) is 100 cm³/mol. The van der Waals surface area contributed by atoms with E-state index in [-0.39, 0.29) is 5.91 Å². The van der Waals surface area contributed by atoms with Crippen LogP contribution in [0.25, 0.3) is 10.8 Å². The minimum atomic E-state index is -0.105. The fourth-order valence-corrected chi connectivity index (χ4v) is 2.89. The minimum absolute atomic E-state index is 0.105. The molecule has 0 spiro atoms. The van der Waals surface area contributed by atoms with Gasteiger partial charge in [-0.2, -0.15) is 4.98 Å². The summed E-state index contributed by atoms with van der Waals surface area (Å²) in [6.07, 6.45) is 0.994. The van der Waals surface area contributed by atoms with Gasteiger partial charge in [0, 0.05) is 6.42 Å². The quantitative estimate of drug-likeness (QED) is 0.473. The summed E-state index contributed by atoms with van der Waals surface area (Å²) in [5.41, 5.74) is 0. The van der Waals surface area contributed by atoms with Crippen molar-refractivity contribution in [1.82, 2.24) is 15.2 Å². The van der Waals surface area contributed by atoms with Crippen LogP contribution in [-0.2, 0) is 4.79 Å². The lowest BCUT2D eigenvalue weighted by Gasteiger charge is -2.07. The number of carbonyl (C=O) groups is 1. The third-order valence-electron chi connectivity index (χ3n) is 3.53. The predicted octanol–water partition coefficient (Wildman–Crippen LogP) is 3.87. The third kappa shape index (κ3) is 4.96. The largest absolute Gasteiger partial charge is 0.494 e. The summed E-state index contributed by atoms with van der Waals surface area (Å²) in [7, 11) is 0. The van der Waals surface area contributed by atoms with Gasteiger partial charge in [0.05, 0.1) is 6.61 Å². The number of rotatable bonds is 8. The number of fused-ring (bicyclic) bond motifs is 1. The van der Waals surface area contributed by atoms with Crippen molar-refractivity contribution in [2.75, 3.05) is 17.7 Å². The highest BCUT2D eigenvalue weighted by molar-refractivity contribution is 7.99. The summed E-state index contributed by atoms with van der Waals surface area (Å²) < 4.78 is 5.73. The van der Waals surface area contributed by atoms with Crippen molar-refractivity contribution in [3.8, 4) is 5.75 Å². The van der Waals surface area contributed by atoms with E-state index in [9.17, 15) is 4.79 Å². The van der Waals surface area contributed by atoms with E-state index in [0.29, 0.717) is 30.6 Å². The van der Waals surface area contributed by atoms with Crippen LogP contribution in [0.4, 0.5) is 5.95 Å². The van der Waals surface area contributed by atoms with E-state index in [1.54, 1.807) is 0 Å². The first-order valence-electron chi connectivity index (χ1n) is 8.21. The van der Waals surface area contributed by atoms with E-state index in [1.807, 2.05) is 37.3 Å². The second-order valence-electron chi connectivity index (χ2n) is 5.41. The molecule has 130 valence electrons. The molecule has 0 aliphatic rings. The number of hydrogen-bond acceptors (Lipinski definition) is 5. The lowest BCUT2D eigenvalue weighted by atomic mass is 10.1. The van der Waals surface area contributed by atoms with Crippen molar-refractivity contribution in [2.24, 2.45) is 0 Å². The molecule has 0 atom stereocenters. The standard InChI is InChI=1S/C18H20N4O2S/c1-2-25-18-20-17(21-22-18)19-16(23)8-5-11-24-15-10-9-13-6-3-4-7-14(13)12-15/h3-4,6-7,9-10,12H,2,5,8,11H2,1H3,(H2,19,20,21,22,23). The molecule has 3 aromatic rings. The van der Waals surface area contributed by atoms with E-state index < -0.39 is 0 Å². The van der Waals surface area contributed by atoms with Gasteiger partial charge in [0.1, 0.15) is 5.75 Å². The number of H-pyrrole nitrogens is 1. The van der Waals surface area contributed by atoms with Gasteiger partial charge >= 0.3 is 0 Å². The maximum Gasteiger partial charge on any atom is 0.226 e. The Hall–Kier alpha value is -2.54. The molecule has 1 amide bonds. The fourth-order valence-electron chi connectivity index (χ4n) is 2.37. The minimum Gasteiger partial charge on any atom is -0.494 e. The number of ether oxygens (including phenoxy) is 1. The maximum atomic E-state index is 11.9. The summed E-state index contributed by atoms with van der Waals surface area (Å²) in [5.74, 6) is 1.98. The number of anilines is 1. The number of aromatic amines is 1. The van der Waals surface area contributed by atoms with Gasteiger partial charge in [0.2, 0.25) is 17.0 Å². The van der Waals surface area contributed by atoms with Crippen LogP contribution in [0.15, 0.2) is 47.6 Å². The Bertz CT molecular complexity index is 850. The van der Waals surface area contributed by atoms with Crippen LogP contribution in [-0.4, -0.2) is 33.4 Å². The van der Waals surface area contributed by atoms with Crippen molar-refractivity contribution in [3.05, 3.63) is 42.5 Å². The summed E-state index contributed by atoms with van der Waals surface area (Å²) >= 11 is 1.52. The van der Waals surface area contributed by atoms with Gasteiger partial charge in [-0.25, -0.2) is 5.10 Å². The third-order valence-corrected chi connectivity index (χ3v) is 4.26. The highest BCUT2D eigenvalue weighted by atomic mass is 32.2. The molecule has 3 rings (SSSR count). The first-order chi connectivity index (χ1) is 12.2. The average molecular weight is 356 g/mol. The van der Waals surface area contributed by atoms with E-state index in [0.717, 1.165) is 16.9 Å². The Morgan fingerprint density at radius 3 is 2.92 bits per heavy atom. The summed E-state index contributed by atoms with van der Waals surface area (Å²) in [5, 5.41) is 12.4. The van der Waals surface area contributed by atoms with Crippen molar-refractivity contribution in [1.29, 1.82) is 0 Å². The van der Waals surface area contributed by atoms with Crippen LogP contribution in [0.5, 0.6) is 5.75 Å². The van der Waals surface area contributed by atoms with Crippen molar-refractivity contribution in [2.45, 2.75) is 24.9 Å². The molecule has 1 heterocycles. The Labute approximate surface area is 150 Å². The Morgan fingerprint density at radius 2 is 2.08 bits per heavy atom. The van der Waals surface area contributed by atoms with Gasteiger partial charge in [-0.3, -0.25) is 10.1 Å². The van der Waals surface area contributed by atoms with E-state index in [4.69, 9.17) is 4.74 Å². The molecule has 1 aromatic heterocycles. The molecule has 0 aliphatic carbocycles. The lowest BCUT2D eigenvalue weighted by molar-refractivity contribution is -0.116. The second-order valence-corrected chi connectivity index (χ2v) is 6.64. The first kappa shape index (κ1) is 17.3. The fraction of sp³-hybridized carbons (Fsp3) is 0.278. The number of carbonyl (C=O) groups excluding carboxylic acids is 1. The molecule has 0 aliphatic heterocycles. The number of nitrogens with zero attached hydrogens (tertiary/aromatic N) is 2. The number of nitrogens with one attached hydrogen (secondary N) is 2. The monoisotopic (exact) mass is 356 g/mol. The molecule has 0 unspecified atom stereocenters. The summed E-state index contributed by atoms with van der Waals surface area (Å²) in [6, 6.07) is 14.1. The molecule has 25 heavy (non-hydrogen) atoms. The molecule has 6 nitrogen and oxygen atoms in total. The number of aromatic nitrogens is 3. The topological polar surface area (TPSA) is 79.9 Å². The van der Waals surface area contributed by atoms with E-state index in [2.05, 4.69) is 32.6 Å². The van der Waals surface area contributed by atoms with Crippen LogP contribution in [0.1, 0.15) is 19.8 Å². The molecule has 0 bridgehead atoms. The molecule has 2 N–H and O–H groups in total. The Morgan fingerprint density at radius 1 is 1.24 bits per heavy atom. The van der Waals surface area contributed by atoms with Gasteiger partial charge in [-0.1, -0.05) is 49.0 Å². The van der Waals surface area contributed by atoms with E-state index >= 15 is 0 Å². The first-order valence-corrected chi connectivity index (χ1v) is 9.20.